The predicted octanol–water partition coefficient (Wildman–Crippen LogP) is 1.97. The van der Waals surface area contributed by atoms with Gasteiger partial charge in [-0.3, -0.25) is 9.20 Å². The molecule has 4 rings (SSSR count). The zero-order chi connectivity index (χ0) is 18.6. The molecule has 0 aliphatic heterocycles. The molecule has 0 radical (unpaired) electrons. The third kappa shape index (κ3) is 3.45. The van der Waals surface area contributed by atoms with E-state index in [9.17, 15) is 4.79 Å². The molecule has 0 saturated heterocycles. The number of nitrogens with one attached hydrogen (secondary N) is 1. The minimum Gasteiger partial charge on any atom is -0.395 e. The monoisotopic (exact) mass is 361 g/mol. The Morgan fingerprint density at radius 2 is 1.93 bits per heavy atom. The lowest BCUT2D eigenvalue weighted by atomic mass is 10.2. The average molecular weight is 361 g/mol. The number of carbonyl (C=O) groups excluding carboxylic acids is 1. The Bertz CT molecular complexity index is 1070. The van der Waals surface area contributed by atoms with E-state index in [0.717, 1.165) is 0 Å². The van der Waals surface area contributed by atoms with E-state index >= 15 is 0 Å². The number of carbonyl (C=O) groups is 1. The molecule has 0 aliphatic carbocycles. The van der Waals surface area contributed by atoms with Crippen LogP contribution in [0.1, 0.15) is 16.1 Å². The van der Waals surface area contributed by atoms with Crippen molar-refractivity contribution in [2.24, 2.45) is 0 Å². The van der Waals surface area contributed by atoms with Crippen LogP contribution in [0.5, 0.6) is 0 Å². The molecule has 2 N–H and O–H groups in total. The van der Waals surface area contributed by atoms with Crippen LogP contribution in [0, 0.1) is 0 Å². The normalized spacial score (nSPS) is 11.0. The minimum atomic E-state index is -0.317. The van der Waals surface area contributed by atoms with Crippen molar-refractivity contribution >= 4 is 11.4 Å². The maximum atomic E-state index is 12.4. The first-order chi connectivity index (χ1) is 13.3. The quantitative estimate of drug-likeness (QED) is 0.550. The molecular formula is C20H19N5O2. The number of benzene rings is 1. The summed E-state index contributed by atoms with van der Waals surface area (Å²) in [5, 5.41) is 11.6. The van der Waals surface area contributed by atoms with Crippen LogP contribution < -0.4 is 5.32 Å². The molecule has 7 nitrogen and oxygen atoms in total. The van der Waals surface area contributed by atoms with Crippen LogP contribution in [0.2, 0.25) is 0 Å². The van der Waals surface area contributed by atoms with Gasteiger partial charge >= 0.3 is 0 Å². The molecule has 0 bridgehead atoms. The van der Waals surface area contributed by atoms with E-state index in [0.29, 0.717) is 29.3 Å². The van der Waals surface area contributed by atoms with E-state index in [2.05, 4.69) is 27.4 Å². The van der Waals surface area contributed by atoms with Crippen molar-refractivity contribution in [3.05, 3.63) is 78.5 Å². The molecule has 0 atom stereocenters. The van der Waals surface area contributed by atoms with Crippen LogP contribution in [0.4, 0.5) is 0 Å². The number of fused-ring (bicyclic) bond motifs is 1. The van der Waals surface area contributed by atoms with Gasteiger partial charge in [-0.05, 0) is 17.7 Å². The number of aliphatic hydroxyl groups is 1. The zero-order valence-corrected chi connectivity index (χ0v) is 14.6. The van der Waals surface area contributed by atoms with Crippen molar-refractivity contribution in [2.75, 3.05) is 13.2 Å². The van der Waals surface area contributed by atoms with E-state index < -0.39 is 0 Å². The highest BCUT2D eigenvalue weighted by atomic mass is 16.3. The number of hydrogen-bond acceptors (Lipinski definition) is 4. The Morgan fingerprint density at radius 3 is 2.74 bits per heavy atom. The van der Waals surface area contributed by atoms with Crippen molar-refractivity contribution in [3.63, 3.8) is 0 Å². The summed E-state index contributed by atoms with van der Waals surface area (Å²) in [6.45, 7) is 0.779. The Hall–Kier alpha value is -3.45. The van der Waals surface area contributed by atoms with Crippen molar-refractivity contribution < 1.29 is 9.90 Å². The van der Waals surface area contributed by atoms with Crippen LogP contribution >= 0.6 is 0 Å². The van der Waals surface area contributed by atoms with Gasteiger partial charge in [0, 0.05) is 25.5 Å². The first-order valence-electron chi connectivity index (χ1n) is 8.68. The molecular weight excluding hydrogens is 342 g/mol. The fourth-order valence-electron chi connectivity index (χ4n) is 3.00. The summed E-state index contributed by atoms with van der Waals surface area (Å²) in [4.78, 5) is 21.4. The SMILES string of the molecule is O=C(NCCO)c1nc(-c2cn(Cc3ccccc3)cn2)n2ccccc12. The summed E-state index contributed by atoms with van der Waals surface area (Å²) >= 11 is 0. The number of amides is 1. The number of rotatable bonds is 6. The van der Waals surface area contributed by atoms with E-state index in [-0.39, 0.29) is 19.1 Å². The van der Waals surface area contributed by atoms with E-state index in [1.54, 1.807) is 6.33 Å². The standard InChI is InChI=1S/C20H19N5O2/c26-11-9-21-20(27)18-17-8-4-5-10-25(17)19(23-18)16-13-24(14-22-16)12-15-6-2-1-3-7-15/h1-8,10,13-14,26H,9,11-12H2,(H,21,27). The van der Waals surface area contributed by atoms with Crippen LogP contribution in [0.25, 0.3) is 17.0 Å². The van der Waals surface area contributed by atoms with E-state index in [1.165, 1.54) is 5.56 Å². The number of pyridine rings is 1. The summed E-state index contributed by atoms with van der Waals surface area (Å²) in [7, 11) is 0. The van der Waals surface area contributed by atoms with Gasteiger partial charge in [0.05, 0.1) is 18.5 Å². The highest BCUT2D eigenvalue weighted by Gasteiger charge is 2.19. The van der Waals surface area contributed by atoms with Crippen molar-refractivity contribution in [3.8, 4) is 11.5 Å². The molecule has 27 heavy (non-hydrogen) atoms. The highest BCUT2D eigenvalue weighted by Crippen LogP contribution is 2.21. The molecule has 3 heterocycles. The van der Waals surface area contributed by atoms with Crippen LogP contribution in [-0.2, 0) is 6.54 Å². The molecule has 1 aromatic carbocycles. The number of imidazole rings is 2. The van der Waals surface area contributed by atoms with Gasteiger partial charge in [-0.1, -0.05) is 36.4 Å². The summed E-state index contributed by atoms with van der Waals surface area (Å²) in [5.74, 6) is 0.286. The average Bonchev–Trinajstić information content (AvgIpc) is 3.31. The first kappa shape index (κ1) is 17.0. The van der Waals surface area contributed by atoms with Gasteiger partial charge < -0.3 is 15.0 Å². The fourth-order valence-corrected chi connectivity index (χ4v) is 3.00. The smallest absolute Gasteiger partial charge is 0.272 e. The lowest BCUT2D eigenvalue weighted by Crippen LogP contribution is -2.26. The second-order valence-corrected chi connectivity index (χ2v) is 6.14. The third-order valence-corrected chi connectivity index (χ3v) is 4.23. The van der Waals surface area contributed by atoms with Crippen molar-refractivity contribution in [1.29, 1.82) is 0 Å². The maximum absolute atomic E-state index is 12.4. The molecule has 0 aliphatic rings. The Labute approximate surface area is 155 Å². The summed E-state index contributed by atoms with van der Waals surface area (Å²) in [6, 6.07) is 15.7. The molecule has 136 valence electrons. The molecule has 0 unspecified atom stereocenters. The molecule has 7 heteroatoms. The Morgan fingerprint density at radius 1 is 1.11 bits per heavy atom. The first-order valence-corrected chi connectivity index (χ1v) is 8.68. The highest BCUT2D eigenvalue weighted by molar-refractivity contribution is 5.99. The topological polar surface area (TPSA) is 84.5 Å². The lowest BCUT2D eigenvalue weighted by Gasteiger charge is -2.01. The van der Waals surface area contributed by atoms with Gasteiger partial charge in [0.2, 0.25) is 0 Å². The lowest BCUT2D eigenvalue weighted by molar-refractivity contribution is 0.0942. The molecule has 4 aromatic rings. The van der Waals surface area contributed by atoms with Gasteiger partial charge in [-0.15, -0.1) is 0 Å². The molecule has 0 saturated carbocycles. The second kappa shape index (κ2) is 7.43. The zero-order valence-electron chi connectivity index (χ0n) is 14.6. The van der Waals surface area contributed by atoms with Crippen molar-refractivity contribution in [2.45, 2.75) is 6.54 Å². The van der Waals surface area contributed by atoms with Gasteiger partial charge in [0.25, 0.3) is 5.91 Å². The summed E-state index contributed by atoms with van der Waals surface area (Å²) < 4.78 is 3.84. The van der Waals surface area contributed by atoms with Gasteiger partial charge in [-0.2, -0.15) is 0 Å². The van der Waals surface area contributed by atoms with E-state index in [4.69, 9.17) is 5.11 Å². The molecule has 0 spiro atoms. The third-order valence-electron chi connectivity index (χ3n) is 4.23. The molecule has 0 fully saturated rings. The summed E-state index contributed by atoms with van der Waals surface area (Å²) in [6.07, 6.45) is 5.54. The van der Waals surface area contributed by atoms with Crippen LogP contribution in [0.15, 0.2) is 67.3 Å². The second-order valence-electron chi connectivity index (χ2n) is 6.14. The number of aliphatic hydroxyl groups excluding tert-OH is 1. The van der Waals surface area contributed by atoms with Gasteiger partial charge in [0.15, 0.2) is 11.5 Å². The number of aromatic nitrogens is 4. The maximum Gasteiger partial charge on any atom is 0.272 e. The summed E-state index contributed by atoms with van der Waals surface area (Å²) in [5.41, 5.74) is 2.88. The van der Waals surface area contributed by atoms with Gasteiger partial charge in [0.1, 0.15) is 5.69 Å². The largest absolute Gasteiger partial charge is 0.395 e. The van der Waals surface area contributed by atoms with Gasteiger partial charge in [-0.25, -0.2) is 9.97 Å². The predicted molar refractivity (Wildman–Crippen MR) is 101 cm³/mol. The number of hydrogen-bond donors (Lipinski definition) is 2. The van der Waals surface area contributed by atoms with Crippen molar-refractivity contribution in [1.82, 2.24) is 24.3 Å². The molecule has 3 aromatic heterocycles. The van der Waals surface area contributed by atoms with Crippen LogP contribution in [-0.4, -0.2) is 43.1 Å². The Balaban J connectivity index is 1.69. The van der Waals surface area contributed by atoms with Crippen LogP contribution in [0.3, 0.4) is 0 Å². The Kier molecular flexibility index (Phi) is 4.67. The number of nitrogens with zero attached hydrogens (tertiary/aromatic N) is 4. The fraction of sp³-hybridized carbons (Fsp3) is 0.150. The minimum absolute atomic E-state index is 0.117. The van der Waals surface area contributed by atoms with E-state index in [1.807, 2.05) is 57.8 Å². The molecule has 1 amide bonds.